The number of carbonyl (C=O) groups is 6. The van der Waals surface area contributed by atoms with Crippen LogP contribution in [-0.2, 0) is 24.0 Å². The number of carbonyl (C=O) groups excluding carboxylic acids is 6. The lowest BCUT2D eigenvalue weighted by molar-refractivity contribution is -0.143. The minimum absolute atomic E-state index is 0.0779. The first-order valence-electron chi connectivity index (χ1n) is 13.9. The number of hydrogen-bond acceptors (Lipinski definition) is 6. The van der Waals surface area contributed by atoms with E-state index < -0.39 is 59.1 Å². The predicted octanol–water partition coefficient (Wildman–Crippen LogP) is 1.18. The van der Waals surface area contributed by atoms with Crippen molar-refractivity contribution in [3.05, 3.63) is 0 Å². The first-order valence-corrected chi connectivity index (χ1v) is 13.9. The molecule has 38 heavy (non-hydrogen) atoms. The second-order valence-electron chi connectivity index (χ2n) is 12.1. The molecule has 3 rings (SSSR count). The third-order valence-corrected chi connectivity index (χ3v) is 7.97. The molecular formula is C27H43N5O6. The van der Waals surface area contributed by atoms with Crippen LogP contribution in [0.25, 0.3) is 0 Å². The van der Waals surface area contributed by atoms with Gasteiger partial charge in [-0.2, -0.15) is 0 Å². The molecule has 11 heteroatoms. The van der Waals surface area contributed by atoms with Crippen molar-refractivity contribution < 1.29 is 28.8 Å². The van der Waals surface area contributed by atoms with Gasteiger partial charge in [-0.05, 0) is 49.4 Å². The molecule has 0 aromatic carbocycles. The van der Waals surface area contributed by atoms with Crippen molar-refractivity contribution >= 4 is 35.8 Å². The smallest absolute Gasteiger partial charge is 0.316 e. The van der Waals surface area contributed by atoms with E-state index >= 15 is 0 Å². The zero-order chi connectivity index (χ0) is 28.0. The Morgan fingerprint density at radius 3 is 2.13 bits per heavy atom. The highest BCUT2D eigenvalue weighted by molar-refractivity contribution is 6.37. The standard InChI is InChI=1S/C27H43N5O6/c1-27(2,3)22(31-26(38)30-19(15-33)17-8-5-4-6-9-17)25(37)32-13-7-10-20(32)24(36)29-18(14-16-11-12-16)21(34)23(28)35/h15-20,22H,4-14H2,1-3H3,(H2,28,35)(H,29,36)(H2,30,31,38). The van der Waals surface area contributed by atoms with E-state index in [1.807, 2.05) is 20.8 Å². The quantitative estimate of drug-likeness (QED) is 0.230. The van der Waals surface area contributed by atoms with Crippen molar-refractivity contribution in [2.45, 2.75) is 109 Å². The molecule has 3 aliphatic rings. The van der Waals surface area contributed by atoms with Gasteiger partial charge in [-0.25, -0.2) is 4.79 Å². The van der Waals surface area contributed by atoms with Gasteiger partial charge in [0.25, 0.3) is 5.91 Å². The normalized spacial score (nSPS) is 22.6. The summed E-state index contributed by atoms with van der Waals surface area (Å²) in [4.78, 5) is 76.8. The molecule has 0 aromatic rings. The number of nitrogens with one attached hydrogen (secondary N) is 3. The largest absolute Gasteiger partial charge is 0.363 e. The minimum Gasteiger partial charge on any atom is -0.363 e. The Labute approximate surface area is 224 Å². The molecule has 212 valence electrons. The molecule has 1 saturated heterocycles. The van der Waals surface area contributed by atoms with Crippen LogP contribution in [0, 0.1) is 17.3 Å². The highest BCUT2D eigenvalue weighted by atomic mass is 16.2. The number of ketones is 1. The van der Waals surface area contributed by atoms with Gasteiger partial charge in [0, 0.05) is 6.54 Å². The number of hydrogen-bond donors (Lipinski definition) is 4. The van der Waals surface area contributed by atoms with Gasteiger partial charge in [0.05, 0.1) is 12.1 Å². The third kappa shape index (κ3) is 7.77. The summed E-state index contributed by atoms with van der Waals surface area (Å²) >= 11 is 0. The molecule has 0 aromatic heterocycles. The molecule has 2 aliphatic carbocycles. The van der Waals surface area contributed by atoms with E-state index in [1.165, 1.54) is 4.90 Å². The Morgan fingerprint density at radius 2 is 1.58 bits per heavy atom. The van der Waals surface area contributed by atoms with Gasteiger partial charge in [0.15, 0.2) is 0 Å². The number of primary amides is 1. The van der Waals surface area contributed by atoms with Crippen LogP contribution in [0.3, 0.4) is 0 Å². The van der Waals surface area contributed by atoms with Gasteiger partial charge in [-0.1, -0.05) is 52.9 Å². The SMILES string of the molecule is CC(C)(C)C(NC(=O)NC(C=O)C1CCCCC1)C(=O)N1CCCC1C(=O)NC(CC1CC1)C(=O)C(N)=O. The zero-order valence-electron chi connectivity index (χ0n) is 22.8. The van der Waals surface area contributed by atoms with Crippen molar-refractivity contribution in [3.63, 3.8) is 0 Å². The average Bonchev–Trinajstić information content (AvgIpc) is 3.55. The molecule has 11 nitrogen and oxygen atoms in total. The summed E-state index contributed by atoms with van der Waals surface area (Å²) < 4.78 is 0. The van der Waals surface area contributed by atoms with Crippen LogP contribution < -0.4 is 21.7 Å². The van der Waals surface area contributed by atoms with Gasteiger partial charge >= 0.3 is 6.03 Å². The molecule has 3 fully saturated rings. The summed E-state index contributed by atoms with van der Waals surface area (Å²) in [5.41, 5.74) is 4.51. The van der Waals surface area contributed by atoms with Crippen LogP contribution in [0.1, 0.15) is 85.0 Å². The molecule has 5 amide bonds. The van der Waals surface area contributed by atoms with Crippen molar-refractivity contribution in [3.8, 4) is 0 Å². The summed E-state index contributed by atoms with van der Waals surface area (Å²) in [5.74, 6) is -2.51. The van der Waals surface area contributed by atoms with Crippen LogP contribution in [0.4, 0.5) is 4.79 Å². The first-order chi connectivity index (χ1) is 17.9. The monoisotopic (exact) mass is 533 g/mol. The van der Waals surface area contributed by atoms with Crippen molar-refractivity contribution in [2.75, 3.05) is 6.54 Å². The predicted molar refractivity (Wildman–Crippen MR) is 140 cm³/mol. The number of nitrogens with two attached hydrogens (primary N) is 1. The summed E-state index contributed by atoms with van der Waals surface area (Å²) in [6, 6.07) is -4.01. The fourth-order valence-corrected chi connectivity index (χ4v) is 5.56. The second-order valence-corrected chi connectivity index (χ2v) is 12.1. The van der Waals surface area contributed by atoms with Gasteiger partial charge in [-0.15, -0.1) is 0 Å². The van der Waals surface area contributed by atoms with Gasteiger partial charge in [0.1, 0.15) is 18.4 Å². The van der Waals surface area contributed by atoms with Crippen LogP contribution in [0.15, 0.2) is 0 Å². The van der Waals surface area contributed by atoms with E-state index in [0.29, 0.717) is 25.8 Å². The molecular weight excluding hydrogens is 490 g/mol. The minimum atomic E-state index is -1.10. The van der Waals surface area contributed by atoms with Gasteiger partial charge in [0.2, 0.25) is 17.6 Å². The lowest BCUT2D eigenvalue weighted by atomic mass is 9.84. The number of aldehydes is 1. The Morgan fingerprint density at radius 1 is 0.921 bits per heavy atom. The number of likely N-dealkylation sites (tertiary alicyclic amines) is 1. The molecule has 1 heterocycles. The lowest BCUT2D eigenvalue weighted by Gasteiger charge is -2.36. The topological polar surface area (TPSA) is 168 Å². The summed E-state index contributed by atoms with van der Waals surface area (Å²) in [5, 5.41) is 8.16. The maximum Gasteiger partial charge on any atom is 0.316 e. The van der Waals surface area contributed by atoms with Crippen LogP contribution in [0.5, 0.6) is 0 Å². The Hall–Kier alpha value is -2.98. The molecule has 2 saturated carbocycles. The first kappa shape index (κ1) is 29.6. The maximum absolute atomic E-state index is 13.7. The number of nitrogens with zero attached hydrogens (tertiary/aromatic N) is 1. The maximum atomic E-state index is 13.7. The van der Waals surface area contributed by atoms with Crippen molar-refractivity contribution in [2.24, 2.45) is 23.0 Å². The number of Topliss-reactive ketones (excluding diaryl/α,β-unsaturated/α-hetero) is 1. The van der Waals surface area contributed by atoms with E-state index in [9.17, 15) is 28.8 Å². The van der Waals surface area contributed by atoms with Gasteiger partial charge in [-0.3, -0.25) is 19.2 Å². The summed E-state index contributed by atoms with van der Waals surface area (Å²) in [6.07, 6.45) is 8.85. The summed E-state index contributed by atoms with van der Waals surface area (Å²) in [7, 11) is 0. The van der Waals surface area contributed by atoms with E-state index in [1.54, 1.807) is 0 Å². The van der Waals surface area contributed by atoms with Crippen LogP contribution >= 0.6 is 0 Å². The fraction of sp³-hybridized carbons (Fsp3) is 0.778. The van der Waals surface area contributed by atoms with Crippen molar-refractivity contribution in [1.29, 1.82) is 0 Å². The van der Waals surface area contributed by atoms with E-state index in [2.05, 4.69) is 16.0 Å². The highest BCUT2D eigenvalue weighted by Crippen LogP contribution is 2.34. The molecule has 4 atom stereocenters. The molecule has 1 aliphatic heterocycles. The molecule has 0 bridgehead atoms. The zero-order valence-corrected chi connectivity index (χ0v) is 22.8. The van der Waals surface area contributed by atoms with Crippen LogP contribution in [0.2, 0.25) is 0 Å². The van der Waals surface area contributed by atoms with E-state index in [4.69, 9.17) is 5.73 Å². The average molecular weight is 534 g/mol. The second kappa shape index (κ2) is 12.7. The Kier molecular flexibility index (Phi) is 9.89. The van der Waals surface area contributed by atoms with Crippen molar-refractivity contribution in [1.82, 2.24) is 20.9 Å². The van der Waals surface area contributed by atoms with E-state index in [0.717, 1.165) is 51.2 Å². The lowest BCUT2D eigenvalue weighted by Crippen LogP contribution is -2.61. The Bertz CT molecular complexity index is 921. The number of rotatable bonds is 11. The third-order valence-electron chi connectivity index (χ3n) is 7.97. The number of urea groups is 1. The number of amides is 5. The molecule has 0 radical (unpaired) electrons. The molecule has 0 spiro atoms. The molecule has 4 unspecified atom stereocenters. The Balaban J connectivity index is 1.68. The summed E-state index contributed by atoms with van der Waals surface area (Å²) in [6.45, 7) is 5.77. The fourth-order valence-electron chi connectivity index (χ4n) is 5.56. The van der Waals surface area contributed by atoms with E-state index in [-0.39, 0.29) is 11.8 Å². The molecule has 5 N–H and O–H groups in total. The highest BCUT2D eigenvalue weighted by Gasteiger charge is 2.43. The van der Waals surface area contributed by atoms with Crippen LogP contribution in [-0.4, -0.2) is 71.4 Å². The van der Waals surface area contributed by atoms with Gasteiger partial charge < -0.3 is 31.4 Å².